The van der Waals surface area contributed by atoms with Crippen molar-refractivity contribution in [2.75, 3.05) is 23.4 Å². The molecule has 0 aliphatic carbocycles. The third kappa shape index (κ3) is 6.43. The lowest BCUT2D eigenvalue weighted by atomic mass is 9.80. The number of amides is 1. The maximum atomic E-state index is 12.3. The number of hydrogen-bond donors (Lipinski definition) is 5. The van der Waals surface area contributed by atoms with Gasteiger partial charge in [-0.15, -0.1) is 0 Å². The summed E-state index contributed by atoms with van der Waals surface area (Å²) in [6, 6.07) is 20.3. The fourth-order valence-corrected chi connectivity index (χ4v) is 4.98. The summed E-state index contributed by atoms with van der Waals surface area (Å²) in [7, 11) is -1.57. The highest BCUT2D eigenvalue weighted by molar-refractivity contribution is 6.58. The maximum Gasteiger partial charge on any atom is 0.488 e. The first kappa shape index (κ1) is 27.2. The molecule has 1 fully saturated rings. The molecule has 2 unspecified atom stereocenters. The Bertz CT molecular complexity index is 1350. The molecule has 3 aromatic rings. The highest BCUT2D eigenvalue weighted by Crippen LogP contribution is 2.34. The van der Waals surface area contributed by atoms with Crippen LogP contribution in [0.1, 0.15) is 37.3 Å². The van der Waals surface area contributed by atoms with Gasteiger partial charge >= 0.3 is 7.12 Å². The van der Waals surface area contributed by atoms with Crippen LogP contribution in [-0.4, -0.2) is 54.3 Å². The van der Waals surface area contributed by atoms with Gasteiger partial charge in [0.15, 0.2) is 0 Å². The molecule has 9 nitrogen and oxygen atoms in total. The monoisotopic (exact) mass is 547 g/mol. The van der Waals surface area contributed by atoms with Crippen molar-refractivity contribution in [1.29, 1.82) is 0 Å². The molecule has 0 saturated carbocycles. The summed E-state index contributed by atoms with van der Waals surface area (Å²) in [5, 5.41) is 22.1. The summed E-state index contributed by atoms with van der Waals surface area (Å²) in [5.41, 5.74) is 11.4. The molecule has 0 radical (unpaired) electrons. The number of aliphatic imine (C=N–C) groups is 1. The zero-order valence-electron chi connectivity index (χ0n) is 21.6. The van der Waals surface area contributed by atoms with Crippen LogP contribution in [0.5, 0.6) is 5.75 Å². The van der Waals surface area contributed by atoms with Gasteiger partial charge in [-0.25, -0.2) is 10.9 Å². The van der Waals surface area contributed by atoms with E-state index in [4.69, 9.17) is 21.3 Å². The Kier molecular flexibility index (Phi) is 8.49. The van der Waals surface area contributed by atoms with Crippen molar-refractivity contribution in [3.63, 3.8) is 0 Å². The Morgan fingerprint density at radius 2 is 1.95 bits per heavy atom. The quantitative estimate of drug-likeness (QED) is 0.206. The van der Waals surface area contributed by atoms with Gasteiger partial charge in [0.05, 0.1) is 25.0 Å². The Morgan fingerprint density at radius 1 is 1.13 bits per heavy atom. The highest BCUT2D eigenvalue weighted by Gasteiger charge is 2.34. The lowest BCUT2D eigenvalue weighted by Crippen LogP contribution is -2.40. The summed E-state index contributed by atoms with van der Waals surface area (Å²) < 4.78 is 6.08. The molecule has 2 aliphatic rings. The Balaban J connectivity index is 1.21. The van der Waals surface area contributed by atoms with Crippen molar-refractivity contribution >= 4 is 47.2 Å². The number of unbranched alkanes of at least 4 members (excludes halogenated alkanes) is 1. The molecule has 3 aromatic carbocycles. The van der Waals surface area contributed by atoms with Crippen molar-refractivity contribution in [2.45, 2.75) is 38.5 Å². The first-order valence-corrected chi connectivity index (χ1v) is 13.4. The summed E-state index contributed by atoms with van der Waals surface area (Å²) in [6.07, 6.45) is 1.83. The Hall–Kier alpha value is -3.41. The molecule has 0 bridgehead atoms. The lowest BCUT2D eigenvalue weighted by molar-refractivity contribution is -0.116. The molecule has 39 heavy (non-hydrogen) atoms. The van der Waals surface area contributed by atoms with Gasteiger partial charge in [0, 0.05) is 33.9 Å². The van der Waals surface area contributed by atoms with Gasteiger partial charge in [0.2, 0.25) is 5.91 Å². The van der Waals surface area contributed by atoms with E-state index in [1.54, 1.807) is 24.3 Å². The SMILES string of the molecule is CC1NNC2CN=C(c3ccc(Cl)cc3)c3cc(OCCCCC(=O)Nc4cccc(B(O)O)c4)ccc3N12. The first-order chi connectivity index (χ1) is 18.9. The van der Waals surface area contributed by atoms with E-state index >= 15 is 0 Å². The Morgan fingerprint density at radius 3 is 2.74 bits per heavy atom. The second-order valence-electron chi connectivity index (χ2n) is 9.62. The predicted octanol–water partition coefficient (Wildman–Crippen LogP) is 2.64. The summed E-state index contributed by atoms with van der Waals surface area (Å²) in [4.78, 5) is 19.6. The number of anilines is 2. The molecule has 0 spiro atoms. The van der Waals surface area contributed by atoms with Crippen LogP contribution in [-0.2, 0) is 4.79 Å². The van der Waals surface area contributed by atoms with Gasteiger partial charge in [-0.05, 0) is 67.7 Å². The van der Waals surface area contributed by atoms with E-state index in [1.807, 2.05) is 36.4 Å². The number of fused-ring (bicyclic) bond motifs is 3. The third-order valence-electron chi connectivity index (χ3n) is 6.79. The molecular formula is C28H31BClN5O4. The number of carbonyl (C=O) groups excluding carboxylic acids is 1. The van der Waals surface area contributed by atoms with Crippen LogP contribution in [0.25, 0.3) is 0 Å². The van der Waals surface area contributed by atoms with Gasteiger partial charge in [0.1, 0.15) is 11.9 Å². The molecule has 0 aromatic heterocycles. The summed E-state index contributed by atoms with van der Waals surface area (Å²) in [6.45, 7) is 3.17. The van der Waals surface area contributed by atoms with Crippen LogP contribution in [0.4, 0.5) is 11.4 Å². The van der Waals surface area contributed by atoms with Crippen molar-refractivity contribution in [3.8, 4) is 5.75 Å². The van der Waals surface area contributed by atoms with Crippen molar-refractivity contribution in [3.05, 3.63) is 82.9 Å². The standard InChI is InChI=1S/C28H31BClN5O4/c1-18-33-34-26-17-31-28(19-8-10-21(30)11-9-19)24-16-23(12-13-25(24)35(18)26)39-14-3-2-7-27(36)32-22-6-4-5-20(15-22)29(37)38/h4-6,8-13,15-16,18,26,33-34,37-38H,2-3,7,14,17H2,1H3,(H,32,36). The lowest BCUT2D eigenvalue weighted by Gasteiger charge is -2.28. The minimum absolute atomic E-state index is 0.0395. The number of ether oxygens (including phenoxy) is 1. The number of benzene rings is 3. The zero-order chi connectivity index (χ0) is 27.4. The van der Waals surface area contributed by atoms with E-state index in [2.05, 4.69) is 34.1 Å². The third-order valence-corrected chi connectivity index (χ3v) is 7.04. The molecule has 1 saturated heterocycles. The number of halogens is 1. The molecule has 2 atom stereocenters. The van der Waals surface area contributed by atoms with Gasteiger partial charge in [-0.2, -0.15) is 0 Å². The van der Waals surface area contributed by atoms with E-state index in [0.717, 1.165) is 28.3 Å². The van der Waals surface area contributed by atoms with Crippen LogP contribution in [0.3, 0.4) is 0 Å². The van der Waals surface area contributed by atoms with Crippen LogP contribution in [0.15, 0.2) is 71.7 Å². The van der Waals surface area contributed by atoms with Crippen LogP contribution in [0.2, 0.25) is 5.02 Å². The van der Waals surface area contributed by atoms with Crippen molar-refractivity contribution < 1.29 is 19.6 Å². The summed E-state index contributed by atoms with van der Waals surface area (Å²) >= 11 is 6.14. The minimum atomic E-state index is -1.57. The average Bonchev–Trinajstić information content (AvgIpc) is 3.20. The van der Waals surface area contributed by atoms with Crippen LogP contribution < -0.4 is 31.3 Å². The average molecular weight is 548 g/mol. The van der Waals surface area contributed by atoms with E-state index in [-0.39, 0.29) is 18.2 Å². The van der Waals surface area contributed by atoms with Gasteiger partial charge in [-0.1, -0.05) is 35.9 Å². The van der Waals surface area contributed by atoms with Crippen molar-refractivity contribution in [1.82, 2.24) is 10.9 Å². The first-order valence-electron chi connectivity index (χ1n) is 13.0. The molecule has 2 aliphatic heterocycles. The van der Waals surface area contributed by atoms with E-state index in [9.17, 15) is 14.8 Å². The largest absolute Gasteiger partial charge is 0.494 e. The topological polar surface area (TPSA) is 118 Å². The molecule has 5 N–H and O–H groups in total. The number of carbonyl (C=O) groups is 1. The van der Waals surface area contributed by atoms with E-state index < -0.39 is 7.12 Å². The molecule has 5 rings (SSSR count). The molecule has 11 heteroatoms. The fraction of sp³-hybridized carbons (Fsp3) is 0.286. The normalized spacial score (nSPS) is 18.1. The van der Waals surface area contributed by atoms with Gasteiger partial charge in [0.25, 0.3) is 0 Å². The number of nitrogens with one attached hydrogen (secondary N) is 3. The second-order valence-corrected chi connectivity index (χ2v) is 10.1. The molecule has 202 valence electrons. The van der Waals surface area contributed by atoms with E-state index in [0.29, 0.717) is 48.6 Å². The fourth-order valence-electron chi connectivity index (χ4n) is 4.85. The maximum absolute atomic E-state index is 12.3. The minimum Gasteiger partial charge on any atom is -0.494 e. The number of hydrazine groups is 1. The van der Waals surface area contributed by atoms with Gasteiger partial charge in [-0.3, -0.25) is 9.79 Å². The predicted molar refractivity (Wildman–Crippen MR) is 155 cm³/mol. The molecule has 2 heterocycles. The molecule has 1 amide bonds. The number of nitrogens with zero attached hydrogens (tertiary/aromatic N) is 2. The zero-order valence-corrected chi connectivity index (χ0v) is 22.4. The number of rotatable bonds is 9. The van der Waals surface area contributed by atoms with Gasteiger partial charge < -0.3 is 25.0 Å². The van der Waals surface area contributed by atoms with Crippen LogP contribution in [0, 0.1) is 0 Å². The van der Waals surface area contributed by atoms with Crippen molar-refractivity contribution in [2.24, 2.45) is 4.99 Å². The molecular weight excluding hydrogens is 517 g/mol. The van der Waals surface area contributed by atoms with Crippen LogP contribution >= 0.6 is 11.6 Å². The smallest absolute Gasteiger partial charge is 0.488 e. The highest BCUT2D eigenvalue weighted by atomic mass is 35.5. The Labute approximate surface area is 233 Å². The number of hydrogen-bond acceptors (Lipinski definition) is 8. The summed E-state index contributed by atoms with van der Waals surface area (Å²) in [5.74, 6) is 0.607. The van der Waals surface area contributed by atoms with E-state index in [1.165, 1.54) is 0 Å². The second kappa shape index (κ2) is 12.2.